The molecule has 5 heteroatoms. The fourth-order valence-electron chi connectivity index (χ4n) is 2.11. The first-order valence-corrected chi connectivity index (χ1v) is 7.89. The molecule has 1 aromatic rings. The van der Waals surface area contributed by atoms with Gasteiger partial charge in [0.15, 0.2) is 5.54 Å². The molecule has 20 heavy (non-hydrogen) atoms. The molecular weight excluding hydrogens is 274 g/mol. The second-order valence-electron chi connectivity index (χ2n) is 4.71. The van der Waals surface area contributed by atoms with Crippen molar-refractivity contribution in [2.24, 2.45) is 0 Å². The minimum absolute atomic E-state index is 0.221. The van der Waals surface area contributed by atoms with Crippen LogP contribution in [0.5, 0.6) is 0 Å². The van der Waals surface area contributed by atoms with E-state index in [2.05, 4.69) is 5.32 Å². The normalized spacial score (nSPS) is 18.1. The van der Waals surface area contributed by atoms with E-state index >= 15 is 0 Å². The molecule has 0 spiro atoms. The van der Waals surface area contributed by atoms with Crippen molar-refractivity contribution in [3.8, 4) is 0 Å². The lowest BCUT2D eigenvalue weighted by Crippen LogP contribution is -2.51. The minimum atomic E-state index is -0.794. The van der Waals surface area contributed by atoms with Crippen molar-refractivity contribution in [2.45, 2.75) is 17.7 Å². The molecule has 1 atom stereocenters. The van der Waals surface area contributed by atoms with E-state index in [1.807, 2.05) is 44.3 Å². The average Bonchev–Trinajstić information content (AvgIpc) is 2.43. The first-order valence-electron chi connectivity index (χ1n) is 6.84. The van der Waals surface area contributed by atoms with Gasteiger partial charge < -0.3 is 14.8 Å². The second kappa shape index (κ2) is 7.11. The molecule has 0 aromatic heterocycles. The summed E-state index contributed by atoms with van der Waals surface area (Å²) in [6, 6.07) is 9.76. The van der Waals surface area contributed by atoms with Crippen LogP contribution in [0.1, 0.15) is 12.5 Å². The molecule has 1 aromatic carbocycles. The van der Waals surface area contributed by atoms with Gasteiger partial charge in [-0.1, -0.05) is 30.3 Å². The molecule has 2 rings (SSSR count). The first kappa shape index (κ1) is 15.4. The first-order chi connectivity index (χ1) is 9.73. The van der Waals surface area contributed by atoms with Crippen LogP contribution in [0.3, 0.4) is 0 Å². The predicted molar refractivity (Wildman–Crippen MR) is 80.9 cm³/mol. The van der Waals surface area contributed by atoms with Gasteiger partial charge in [-0.25, -0.2) is 4.79 Å². The highest BCUT2D eigenvalue weighted by Crippen LogP contribution is 2.31. The summed E-state index contributed by atoms with van der Waals surface area (Å²) in [5.74, 6) is 0.418. The molecule has 0 radical (unpaired) electrons. The lowest BCUT2D eigenvalue weighted by molar-refractivity contribution is -0.150. The van der Waals surface area contributed by atoms with E-state index in [-0.39, 0.29) is 5.97 Å². The van der Waals surface area contributed by atoms with Crippen molar-refractivity contribution in [3.05, 3.63) is 35.9 Å². The number of esters is 1. The number of benzene rings is 1. The summed E-state index contributed by atoms with van der Waals surface area (Å²) in [7, 11) is 1.81. The number of ether oxygens (including phenoxy) is 2. The zero-order valence-corrected chi connectivity index (χ0v) is 12.7. The summed E-state index contributed by atoms with van der Waals surface area (Å²) < 4.78 is 10.5. The van der Waals surface area contributed by atoms with Crippen molar-refractivity contribution < 1.29 is 14.3 Å². The number of carbonyl (C=O) groups is 1. The van der Waals surface area contributed by atoms with Gasteiger partial charge >= 0.3 is 5.97 Å². The molecule has 0 aliphatic carbocycles. The Hall–Kier alpha value is -1.04. The third kappa shape index (κ3) is 3.16. The zero-order chi connectivity index (χ0) is 14.4. The molecule has 4 nitrogen and oxygen atoms in total. The quantitative estimate of drug-likeness (QED) is 0.777. The Morgan fingerprint density at radius 2 is 2.15 bits per heavy atom. The maximum atomic E-state index is 12.5. The number of thioether (sulfide) groups is 1. The van der Waals surface area contributed by atoms with E-state index < -0.39 is 5.54 Å². The summed E-state index contributed by atoms with van der Waals surface area (Å²) >= 11 is 1.76. The lowest BCUT2D eigenvalue weighted by Gasteiger charge is -2.34. The van der Waals surface area contributed by atoms with Crippen LogP contribution in [0.25, 0.3) is 0 Å². The highest BCUT2D eigenvalue weighted by Gasteiger charge is 2.41. The number of likely N-dealkylation sites (N-methyl/N-ethyl adjacent to an activating group) is 1. The molecule has 1 aliphatic heterocycles. The van der Waals surface area contributed by atoms with Crippen molar-refractivity contribution in [3.63, 3.8) is 0 Å². The van der Waals surface area contributed by atoms with Crippen molar-refractivity contribution in [2.75, 3.05) is 32.6 Å². The monoisotopic (exact) mass is 295 g/mol. The second-order valence-corrected chi connectivity index (χ2v) is 6.00. The van der Waals surface area contributed by atoms with Gasteiger partial charge in [-0.05, 0) is 19.5 Å². The Labute approximate surface area is 124 Å². The van der Waals surface area contributed by atoms with Crippen LogP contribution in [-0.2, 0) is 19.8 Å². The zero-order valence-electron chi connectivity index (χ0n) is 11.9. The van der Waals surface area contributed by atoms with Gasteiger partial charge in [0.2, 0.25) is 0 Å². The van der Waals surface area contributed by atoms with E-state index in [1.165, 1.54) is 0 Å². The standard InChI is InChI=1S/C15H21NO3S/c1-3-19-14(17)15(16-2,11-20-13-9-18-10-13)12-7-5-4-6-8-12/h4-8,13,16H,3,9-11H2,1-2H3. The number of hydrogen-bond acceptors (Lipinski definition) is 5. The summed E-state index contributed by atoms with van der Waals surface area (Å²) in [6.45, 7) is 3.74. The van der Waals surface area contributed by atoms with Crippen LogP contribution < -0.4 is 5.32 Å². The van der Waals surface area contributed by atoms with Crippen LogP contribution in [0.4, 0.5) is 0 Å². The summed E-state index contributed by atoms with van der Waals surface area (Å²) in [6.07, 6.45) is 0. The van der Waals surface area contributed by atoms with E-state index in [0.29, 0.717) is 17.6 Å². The molecule has 1 aliphatic rings. The van der Waals surface area contributed by atoms with Crippen LogP contribution in [0.2, 0.25) is 0 Å². The van der Waals surface area contributed by atoms with E-state index in [4.69, 9.17) is 9.47 Å². The Morgan fingerprint density at radius 1 is 1.45 bits per heavy atom. The largest absolute Gasteiger partial charge is 0.464 e. The number of hydrogen-bond donors (Lipinski definition) is 1. The maximum Gasteiger partial charge on any atom is 0.331 e. The minimum Gasteiger partial charge on any atom is -0.464 e. The Balaban J connectivity index is 2.21. The van der Waals surface area contributed by atoms with Gasteiger partial charge in [0.25, 0.3) is 0 Å². The Morgan fingerprint density at radius 3 is 2.65 bits per heavy atom. The van der Waals surface area contributed by atoms with Crippen molar-refractivity contribution in [1.29, 1.82) is 0 Å². The Kier molecular flexibility index (Phi) is 5.46. The lowest BCUT2D eigenvalue weighted by atomic mass is 9.92. The smallest absolute Gasteiger partial charge is 0.331 e. The van der Waals surface area contributed by atoms with Gasteiger partial charge in [-0.15, -0.1) is 0 Å². The topological polar surface area (TPSA) is 47.6 Å². The third-order valence-corrected chi connectivity index (χ3v) is 4.80. The summed E-state index contributed by atoms with van der Waals surface area (Å²) in [4.78, 5) is 12.5. The molecule has 0 amide bonds. The highest BCUT2D eigenvalue weighted by molar-refractivity contribution is 8.00. The van der Waals surface area contributed by atoms with Crippen molar-refractivity contribution >= 4 is 17.7 Å². The molecule has 0 bridgehead atoms. The van der Waals surface area contributed by atoms with Gasteiger partial charge in [0.05, 0.1) is 25.1 Å². The molecule has 1 N–H and O–H groups in total. The highest BCUT2D eigenvalue weighted by atomic mass is 32.2. The molecule has 1 fully saturated rings. The average molecular weight is 295 g/mol. The molecule has 1 unspecified atom stereocenters. The van der Waals surface area contributed by atoms with Crippen LogP contribution in [0.15, 0.2) is 30.3 Å². The molecule has 110 valence electrons. The summed E-state index contributed by atoms with van der Waals surface area (Å²) in [5.41, 5.74) is 0.144. The predicted octanol–water partition coefficient (Wildman–Crippen LogP) is 1.80. The van der Waals surface area contributed by atoms with Crippen LogP contribution >= 0.6 is 11.8 Å². The van der Waals surface area contributed by atoms with Crippen LogP contribution in [-0.4, -0.2) is 43.8 Å². The van der Waals surface area contributed by atoms with E-state index in [0.717, 1.165) is 18.8 Å². The molecular formula is C15H21NO3S. The molecule has 1 heterocycles. The van der Waals surface area contributed by atoms with Gasteiger partial charge in [0, 0.05) is 5.75 Å². The van der Waals surface area contributed by atoms with Gasteiger partial charge in [-0.3, -0.25) is 0 Å². The fraction of sp³-hybridized carbons (Fsp3) is 0.533. The summed E-state index contributed by atoms with van der Waals surface area (Å²) in [5, 5.41) is 3.66. The molecule has 0 saturated carbocycles. The SMILES string of the molecule is CCOC(=O)C(CSC1COC1)(NC)c1ccccc1. The van der Waals surface area contributed by atoms with Gasteiger partial charge in [-0.2, -0.15) is 11.8 Å². The Bertz CT molecular complexity index is 436. The molecule has 1 saturated heterocycles. The van der Waals surface area contributed by atoms with Gasteiger partial charge in [0.1, 0.15) is 0 Å². The van der Waals surface area contributed by atoms with E-state index in [1.54, 1.807) is 11.8 Å². The van der Waals surface area contributed by atoms with E-state index in [9.17, 15) is 4.79 Å². The number of rotatable bonds is 7. The fourth-order valence-corrected chi connectivity index (χ4v) is 3.41. The van der Waals surface area contributed by atoms with Crippen molar-refractivity contribution in [1.82, 2.24) is 5.32 Å². The van der Waals surface area contributed by atoms with Crippen LogP contribution in [0, 0.1) is 0 Å². The number of nitrogens with one attached hydrogen (secondary N) is 1. The number of carbonyl (C=O) groups excluding carboxylic acids is 1. The maximum absolute atomic E-state index is 12.5. The third-order valence-electron chi connectivity index (χ3n) is 3.46.